The van der Waals surface area contributed by atoms with Crippen LogP contribution in [0.1, 0.15) is 26.4 Å². The van der Waals surface area contributed by atoms with Gasteiger partial charge in [0.2, 0.25) is 0 Å². The molecule has 0 unspecified atom stereocenters. The number of benzene rings is 1. The van der Waals surface area contributed by atoms with Crippen LogP contribution in [0, 0.1) is 13.8 Å². The number of aryl methyl sites for hydroxylation is 2. The third kappa shape index (κ3) is 3.12. The first-order chi connectivity index (χ1) is 9.11. The Labute approximate surface area is 117 Å². The van der Waals surface area contributed by atoms with E-state index in [1.807, 2.05) is 49.6 Å². The molecular formula is C16H16O2S. The fourth-order valence-electron chi connectivity index (χ4n) is 1.81. The lowest BCUT2D eigenvalue weighted by Gasteiger charge is -2.06. The summed E-state index contributed by atoms with van der Waals surface area (Å²) in [6.07, 6.45) is 3.47. The Balaban J connectivity index is 2.27. The zero-order chi connectivity index (χ0) is 13.8. The van der Waals surface area contributed by atoms with Crippen molar-refractivity contribution in [3.05, 3.63) is 57.3 Å². The van der Waals surface area contributed by atoms with Gasteiger partial charge in [0.1, 0.15) is 5.75 Å². The van der Waals surface area contributed by atoms with Gasteiger partial charge in [0.15, 0.2) is 5.78 Å². The predicted molar refractivity (Wildman–Crippen MR) is 80.2 cm³/mol. The molecule has 0 aliphatic heterocycles. The number of hydrogen-bond donors (Lipinski definition) is 0. The summed E-state index contributed by atoms with van der Waals surface area (Å²) < 4.78 is 5.23. The molecule has 0 atom stereocenters. The van der Waals surface area contributed by atoms with Crippen molar-refractivity contribution in [2.75, 3.05) is 7.11 Å². The minimum Gasteiger partial charge on any atom is -0.496 e. The molecule has 0 aliphatic rings. The summed E-state index contributed by atoms with van der Waals surface area (Å²) in [6, 6.07) is 7.66. The fraction of sp³-hybridized carbons (Fsp3) is 0.188. The van der Waals surface area contributed by atoms with E-state index in [1.54, 1.807) is 24.5 Å². The molecule has 0 N–H and O–H groups in total. The first-order valence-corrected chi connectivity index (χ1v) is 6.91. The van der Waals surface area contributed by atoms with Gasteiger partial charge in [-0.1, -0.05) is 11.6 Å². The Kier molecular flexibility index (Phi) is 4.17. The summed E-state index contributed by atoms with van der Waals surface area (Å²) in [4.78, 5) is 13.3. The first kappa shape index (κ1) is 13.6. The minimum atomic E-state index is -0.0339. The Hall–Kier alpha value is -1.87. The number of methoxy groups -OCH3 is 1. The van der Waals surface area contributed by atoms with E-state index in [1.165, 1.54) is 5.56 Å². The molecule has 1 aromatic carbocycles. The first-order valence-electron chi connectivity index (χ1n) is 6.03. The average molecular weight is 272 g/mol. The summed E-state index contributed by atoms with van der Waals surface area (Å²) in [5.74, 6) is 0.580. The van der Waals surface area contributed by atoms with Gasteiger partial charge in [-0.3, -0.25) is 4.79 Å². The van der Waals surface area contributed by atoms with Gasteiger partial charge in [-0.15, -0.1) is 11.3 Å². The minimum absolute atomic E-state index is 0.0339. The number of rotatable bonds is 4. The number of carbonyl (C=O) groups excluding carboxylic acids is 1. The van der Waals surface area contributed by atoms with Crippen molar-refractivity contribution < 1.29 is 9.53 Å². The summed E-state index contributed by atoms with van der Waals surface area (Å²) in [7, 11) is 1.58. The molecule has 19 heavy (non-hydrogen) atoms. The Morgan fingerprint density at radius 3 is 2.68 bits per heavy atom. The van der Waals surface area contributed by atoms with E-state index in [9.17, 15) is 4.79 Å². The van der Waals surface area contributed by atoms with Crippen LogP contribution in [0.5, 0.6) is 5.75 Å². The number of ketones is 1. The van der Waals surface area contributed by atoms with E-state index in [-0.39, 0.29) is 5.78 Å². The number of carbonyl (C=O) groups is 1. The molecule has 0 bridgehead atoms. The van der Waals surface area contributed by atoms with Gasteiger partial charge in [0.05, 0.1) is 12.7 Å². The zero-order valence-electron chi connectivity index (χ0n) is 11.3. The van der Waals surface area contributed by atoms with E-state index < -0.39 is 0 Å². The van der Waals surface area contributed by atoms with Crippen molar-refractivity contribution >= 4 is 23.2 Å². The Morgan fingerprint density at radius 1 is 1.26 bits per heavy atom. The summed E-state index contributed by atoms with van der Waals surface area (Å²) in [5, 5.41) is 2.02. The average Bonchev–Trinajstić information content (AvgIpc) is 2.81. The summed E-state index contributed by atoms with van der Waals surface area (Å²) in [5.41, 5.74) is 2.84. The standard InChI is InChI=1S/C16H16O2S/c1-11-4-6-15(18-3)13(10-11)14(17)5-7-16-12(2)8-9-19-16/h4-10H,1-3H3/b7-5+. The van der Waals surface area contributed by atoms with Crippen LogP contribution in [0.3, 0.4) is 0 Å². The molecule has 0 amide bonds. The number of hydrogen-bond acceptors (Lipinski definition) is 3. The third-order valence-corrected chi connectivity index (χ3v) is 3.89. The highest BCUT2D eigenvalue weighted by Gasteiger charge is 2.09. The quantitative estimate of drug-likeness (QED) is 0.613. The second kappa shape index (κ2) is 5.85. The third-order valence-electron chi connectivity index (χ3n) is 2.91. The maximum Gasteiger partial charge on any atom is 0.189 e. The van der Waals surface area contributed by atoms with Crippen LogP contribution in [0.2, 0.25) is 0 Å². The molecule has 0 radical (unpaired) electrons. The molecule has 0 fully saturated rings. The molecule has 3 heteroatoms. The lowest BCUT2D eigenvalue weighted by molar-refractivity contribution is 0.104. The van der Waals surface area contributed by atoms with Crippen LogP contribution in [0.4, 0.5) is 0 Å². The van der Waals surface area contributed by atoms with E-state index in [0.717, 1.165) is 10.4 Å². The van der Waals surface area contributed by atoms with E-state index >= 15 is 0 Å². The Bertz CT molecular complexity index is 623. The van der Waals surface area contributed by atoms with Gasteiger partial charge in [0, 0.05) is 4.88 Å². The SMILES string of the molecule is COc1ccc(C)cc1C(=O)/C=C/c1sccc1C. The molecule has 0 saturated carbocycles. The van der Waals surface area contributed by atoms with E-state index in [4.69, 9.17) is 4.74 Å². The largest absolute Gasteiger partial charge is 0.496 e. The second-order valence-corrected chi connectivity index (χ2v) is 5.32. The molecule has 0 spiro atoms. The van der Waals surface area contributed by atoms with Crippen LogP contribution >= 0.6 is 11.3 Å². The molecule has 2 aromatic rings. The lowest BCUT2D eigenvalue weighted by Crippen LogP contribution is -1.99. The van der Waals surface area contributed by atoms with Crippen molar-refractivity contribution in [3.63, 3.8) is 0 Å². The van der Waals surface area contributed by atoms with Crippen molar-refractivity contribution in [2.24, 2.45) is 0 Å². The molecule has 2 rings (SSSR count). The van der Waals surface area contributed by atoms with Crippen LogP contribution in [-0.4, -0.2) is 12.9 Å². The van der Waals surface area contributed by atoms with Crippen molar-refractivity contribution in [1.82, 2.24) is 0 Å². The number of thiophene rings is 1. The topological polar surface area (TPSA) is 26.3 Å². The van der Waals surface area contributed by atoms with Crippen molar-refractivity contribution in [3.8, 4) is 5.75 Å². The number of allylic oxidation sites excluding steroid dienone is 1. The molecule has 1 heterocycles. The van der Waals surface area contributed by atoms with Gasteiger partial charge >= 0.3 is 0 Å². The second-order valence-electron chi connectivity index (χ2n) is 4.37. The van der Waals surface area contributed by atoms with Crippen molar-refractivity contribution in [2.45, 2.75) is 13.8 Å². The van der Waals surface area contributed by atoms with E-state index in [0.29, 0.717) is 11.3 Å². The summed E-state index contributed by atoms with van der Waals surface area (Å²) >= 11 is 1.63. The number of ether oxygens (including phenoxy) is 1. The predicted octanol–water partition coefficient (Wildman–Crippen LogP) is 4.27. The van der Waals surface area contributed by atoms with Gasteiger partial charge in [-0.05, 0) is 55.1 Å². The van der Waals surface area contributed by atoms with Gasteiger partial charge in [0.25, 0.3) is 0 Å². The molecular weight excluding hydrogens is 256 g/mol. The van der Waals surface area contributed by atoms with Crippen molar-refractivity contribution in [1.29, 1.82) is 0 Å². The zero-order valence-corrected chi connectivity index (χ0v) is 12.1. The maximum absolute atomic E-state index is 12.2. The molecule has 0 aliphatic carbocycles. The smallest absolute Gasteiger partial charge is 0.189 e. The Morgan fingerprint density at radius 2 is 2.05 bits per heavy atom. The highest BCUT2D eigenvalue weighted by Crippen LogP contribution is 2.22. The van der Waals surface area contributed by atoms with Crippen LogP contribution in [0.25, 0.3) is 6.08 Å². The van der Waals surface area contributed by atoms with Gasteiger partial charge in [-0.2, -0.15) is 0 Å². The van der Waals surface area contributed by atoms with Gasteiger partial charge < -0.3 is 4.74 Å². The fourth-order valence-corrected chi connectivity index (χ4v) is 2.63. The van der Waals surface area contributed by atoms with Crippen LogP contribution < -0.4 is 4.74 Å². The molecule has 2 nitrogen and oxygen atoms in total. The monoisotopic (exact) mass is 272 g/mol. The normalized spacial score (nSPS) is 10.9. The van der Waals surface area contributed by atoms with E-state index in [2.05, 4.69) is 0 Å². The molecule has 0 saturated heterocycles. The molecule has 1 aromatic heterocycles. The van der Waals surface area contributed by atoms with Crippen LogP contribution in [-0.2, 0) is 0 Å². The molecule has 98 valence electrons. The van der Waals surface area contributed by atoms with Crippen LogP contribution in [0.15, 0.2) is 35.7 Å². The highest BCUT2D eigenvalue weighted by atomic mass is 32.1. The lowest BCUT2D eigenvalue weighted by atomic mass is 10.1. The maximum atomic E-state index is 12.2. The highest BCUT2D eigenvalue weighted by molar-refractivity contribution is 7.11. The summed E-state index contributed by atoms with van der Waals surface area (Å²) in [6.45, 7) is 4.00. The van der Waals surface area contributed by atoms with Gasteiger partial charge in [-0.25, -0.2) is 0 Å².